The molecule has 1 N–H and O–H groups in total. The van der Waals surface area contributed by atoms with Crippen molar-refractivity contribution in [3.05, 3.63) is 69.2 Å². The number of rotatable bonds is 3. The molecule has 1 amide bonds. The predicted molar refractivity (Wildman–Crippen MR) is 78.7 cm³/mol. The van der Waals surface area contributed by atoms with Gasteiger partial charge in [0.2, 0.25) is 0 Å². The molecule has 0 fully saturated rings. The molecule has 2 aromatic carbocycles. The summed E-state index contributed by atoms with van der Waals surface area (Å²) in [5, 5.41) is 3.08. The Morgan fingerprint density at radius 2 is 1.71 bits per heavy atom. The van der Waals surface area contributed by atoms with E-state index in [0.29, 0.717) is 5.56 Å². The number of halogens is 4. The van der Waals surface area contributed by atoms with Crippen LogP contribution < -0.4 is 5.32 Å². The lowest BCUT2D eigenvalue weighted by atomic mass is 10.1. The number of amides is 1. The van der Waals surface area contributed by atoms with Gasteiger partial charge >= 0.3 is 0 Å². The van der Waals surface area contributed by atoms with Crippen molar-refractivity contribution in [1.82, 2.24) is 5.32 Å². The van der Waals surface area contributed by atoms with Crippen molar-refractivity contribution in [2.24, 2.45) is 0 Å². The SMILES string of the molecule is CC(NC(=O)c1c(Cl)cccc1Cl)c1ccc(F)c(F)c1. The molecular formula is C15H11Cl2F2NO. The molecule has 0 aliphatic rings. The zero-order chi connectivity index (χ0) is 15.6. The number of carbonyl (C=O) groups is 1. The molecule has 0 saturated heterocycles. The molecule has 0 aliphatic heterocycles. The second-order valence-corrected chi connectivity index (χ2v) is 5.28. The van der Waals surface area contributed by atoms with Gasteiger partial charge in [-0.05, 0) is 36.8 Å². The molecule has 0 bridgehead atoms. The van der Waals surface area contributed by atoms with Crippen molar-refractivity contribution < 1.29 is 13.6 Å². The largest absolute Gasteiger partial charge is 0.345 e. The van der Waals surface area contributed by atoms with Crippen LogP contribution in [0.5, 0.6) is 0 Å². The molecule has 2 nitrogen and oxygen atoms in total. The fourth-order valence-electron chi connectivity index (χ4n) is 1.85. The Hall–Kier alpha value is -1.65. The molecular weight excluding hydrogens is 319 g/mol. The Balaban J connectivity index is 2.21. The normalized spacial score (nSPS) is 12.0. The van der Waals surface area contributed by atoms with E-state index in [1.165, 1.54) is 6.07 Å². The molecule has 0 aliphatic carbocycles. The van der Waals surface area contributed by atoms with Gasteiger partial charge in [0, 0.05) is 0 Å². The standard InChI is InChI=1S/C15H11Cl2F2NO/c1-8(9-5-6-12(18)13(19)7-9)20-15(21)14-10(16)3-2-4-11(14)17/h2-8H,1H3,(H,20,21). The van der Waals surface area contributed by atoms with E-state index in [1.54, 1.807) is 25.1 Å². The van der Waals surface area contributed by atoms with E-state index in [2.05, 4.69) is 5.32 Å². The van der Waals surface area contributed by atoms with Gasteiger partial charge in [0.15, 0.2) is 11.6 Å². The van der Waals surface area contributed by atoms with Crippen LogP contribution in [0.4, 0.5) is 8.78 Å². The van der Waals surface area contributed by atoms with Crippen molar-refractivity contribution in [3.63, 3.8) is 0 Å². The minimum atomic E-state index is -0.968. The third-order valence-corrected chi connectivity index (χ3v) is 3.61. The molecule has 21 heavy (non-hydrogen) atoms. The molecule has 110 valence electrons. The summed E-state index contributed by atoms with van der Waals surface area (Å²) in [6.45, 7) is 1.65. The van der Waals surface area contributed by atoms with E-state index in [-0.39, 0.29) is 15.6 Å². The summed E-state index contributed by atoms with van der Waals surface area (Å²) in [4.78, 5) is 12.2. The molecule has 1 atom stereocenters. The Morgan fingerprint density at radius 3 is 2.29 bits per heavy atom. The first-order valence-electron chi connectivity index (χ1n) is 6.10. The Kier molecular flexibility index (Phi) is 4.80. The Morgan fingerprint density at radius 1 is 1.10 bits per heavy atom. The first kappa shape index (κ1) is 15.7. The number of hydrogen-bond donors (Lipinski definition) is 1. The van der Waals surface area contributed by atoms with Crippen LogP contribution in [0, 0.1) is 11.6 Å². The van der Waals surface area contributed by atoms with Crippen molar-refractivity contribution in [3.8, 4) is 0 Å². The van der Waals surface area contributed by atoms with Gasteiger partial charge in [-0.3, -0.25) is 4.79 Å². The maximum Gasteiger partial charge on any atom is 0.254 e. The topological polar surface area (TPSA) is 29.1 Å². The molecule has 0 radical (unpaired) electrons. The number of hydrogen-bond acceptors (Lipinski definition) is 1. The first-order chi connectivity index (χ1) is 9.90. The zero-order valence-electron chi connectivity index (χ0n) is 11.0. The van der Waals surface area contributed by atoms with E-state index in [4.69, 9.17) is 23.2 Å². The van der Waals surface area contributed by atoms with Gasteiger partial charge < -0.3 is 5.32 Å². The molecule has 0 saturated carbocycles. The van der Waals surface area contributed by atoms with Crippen LogP contribution in [0.25, 0.3) is 0 Å². The number of nitrogens with one attached hydrogen (secondary N) is 1. The summed E-state index contributed by atoms with van der Waals surface area (Å²) in [5.41, 5.74) is 0.584. The maximum atomic E-state index is 13.2. The van der Waals surface area contributed by atoms with Gasteiger partial charge in [0.05, 0.1) is 21.7 Å². The molecule has 0 spiro atoms. The lowest BCUT2D eigenvalue weighted by molar-refractivity contribution is 0.0940. The summed E-state index contributed by atoms with van der Waals surface area (Å²) in [6, 6.07) is 7.64. The van der Waals surface area contributed by atoms with Crippen molar-refractivity contribution in [2.45, 2.75) is 13.0 Å². The third kappa shape index (κ3) is 3.52. The van der Waals surface area contributed by atoms with Crippen LogP contribution in [0.3, 0.4) is 0 Å². The molecule has 2 aromatic rings. The van der Waals surface area contributed by atoms with Crippen LogP contribution in [0.2, 0.25) is 10.0 Å². The molecule has 0 heterocycles. The van der Waals surface area contributed by atoms with Gasteiger partial charge in [0.25, 0.3) is 5.91 Å². The number of carbonyl (C=O) groups excluding carboxylic acids is 1. The third-order valence-electron chi connectivity index (χ3n) is 2.98. The van der Waals surface area contributed by atoms with Crippen molar-refractivity contribution in [2.75, 3.05) is 0 Å². The minimum Gasteiger partial charge on any atom is -0.345 e. The quantitative estimate of drug-likeness (QED) is 0.863. The lowest BCUT2D eigenvalue weighted by Gasteiger charge is -2.16. The second-order valence-electron chi connectivity index (χ2n) is 4.47. The smallest absolute Gasteiger partial charge is 0.254 e. The highest BCUT2D eigenvalue weighted by atomic mass is 35.5. The summed E-state index contributed by atoms with van der Waals surface area (Å²) in [6.07, 6.45) is 0. The van der Waals surface area contributed by atoms with Crippen LogP contribution >= 0.6 is 23.2 Å². The first-order valence-corrected chi connectivity index (χ1v) is 6.85. The lowest BCUT2D eigenvalue weighted by Crippen LogP contribution is -2.27. The van der Waals surface area contributed by atoms with E-state index in [1.807, 2.05) is 0 Å². The van der Waals surface area contributed by atoms with E-state index < -0.39 is 23.6 Å². The van der Waals surface area contributed by atoms with Crippen LogP contribution in [-0.4, -0.2) is 5.91 Å². The van der Waals surface area contributed by atoms with Gasteiger partial charge in [-0.1, -0.05) is 35.3 Å². The zero-order valence-corrected chi connectivity index (χ0v) is 12.5. The van der Waals surface area contributed by atoms with Gasteiger partial charge in [0.1, 0.15) is 0 Å². The summed E-state index contributed by atoms with van der Waals surface area (Å²) >= 11 is 11.9. The minimum absolute atomic E-state index is 0.148. The molecule has 0 aromatic heterocycles. The van der Waals surface area contributed by atoms with E-state index >= 15 is 0 Å². The summed E-state index contributed by atoms with van der Waals surface area (Å²) in [7, 11) is 0. The Bertz CT molecular complexity index is 671. The highest BCUT2D eigenvalue weighted by Gasteiger charge is 2.18. The van der Waals surface area contributed by atoms with Crippen LogP contribution in [0.1, 0.15) is 28.9 Å². The number of benzene rings is 2. The molecule has 1 unspecified atom stereocenters. The highest BCUT2D eigenvalue weighted by molar-refractivity contribution is 6.39. The van der Waals surface area contributed by atoms with Gasteiger partial charge in [-0.2, -0.15) is 0 Å². The monoisotopic (exact) mass is 329 g/mol. The second kappa shape index (κ2) is 6.41. The van der Waals surface area contributed by atoms with Crippen molar-refractivity contribution >= 4 is 29.1 Å². The Labute approximate surface area is 130 Å². The van der Waals surface area contributed by atoms with Crippen molar-refractivity contribution in [1.29, 1.82) is 0 Å². The van der Waals surface area contributed by atoms with Gasteiger partial charge in [-0.25, -0.2) is 8.78 Å². The van der Waals surface area contributed by atoms with E-state index in [9.17, 15) is 13.6 Å². The van der Waals surface area contributed by atoms with Crippen LogP contribution in [-0.2, 0) is 0 Å². The maximum absolute atomic E-state index is 13.2. The fourth-order valence-corrected chi connectivity index (χ4v) is 2.42. The van der Waals surface area contributed by atoms with Crippen LogP contribution in [0.15, 0.2) is 36.4 Å². The average Bonchev–Trinajstić information content (AvgIpc) is 2.41. The summed E-state index contributed by atoms with van der Waals surface area (Å²) in [5.74, 6) is -2.39. The van der Waals surface area contributed by atoms with E-state index in [0.717, 1.165) is 12.1 Å². The average molecular weight is 330 g/mol. The highest BCUT2D eigenvalue weighted by Crippen LogP contribution is 2.25. The molecule has 2 rings (SSSR count). The summed E-state index contributed by atoms with van der Waals surface area (Å²) < 4.78 is 26.1. The predicted octanol–water partition coefficient (Wildman–Crippen LogP) is 4.76. The van der Waals surface area contributed by atoms with Gasteiger partial charge in [-0.15, -0.1) is 0 Å². The molecule has 6 heteroatoms. The fraction of sp³-hybridized carbons (Fsp3) is 0.133.